The van der Waals surface area contributed by atoms with Gasteiger partial charge in [-0.15, -0.1) is 11.6 Å². The average Bonchev–Trinajstić information content (AvgIpc) is 2.40. The van der Waals surface area contributed by atoms with Crippen molar-refractivity contribution in [1.82, 2.24) is 0 Å². The summed E-state index contributed by atoms with van der Waals surface area (Å²) in [6.45, 7) is 4.77. The number of rotatable bonds is 9. The van der Waals surface area contributed by atoms with Gasteiger partial charge in [-0.25, -0.2) is 8.42 Å². The quantitative estimate of drug-likeness (QED) is 0.711. The molecular formula is C14H22ClNO3S. The molecule has 114 valence electrons. The molecule has 0 heterocycles. The Kier molecular flexibility index (Phi) is 7.16. The van der Waals surface area contributed by atoms with E-state index in [0.717, 1.165) is 17.0 Å². The van der Waals surface area contributed by atoms with Crippen molar-refractivity contribution < 1.29 is 13.2 Å². The van der Waals surface area contributed by atoms with E-state index in [-0.39, 0.29) is 11.5 Å². The van der Waals surface area contributed by atoms with Crippen molar-refractivity contribution in [3.8, 4) is 5.75 Å². The summed E-state index contributed by atoms with van der Waals surface area (Å²) in [7, 11) is -2.95. The number of halogens is 1. The van der Waals surface area contributed by atoms with Crippen LogP contribution in [-0.2, 0) is 15.7 Å². The van der Waals surface area contributed by atoms with Crippen molar-refractivity contribution in [3.63, 3.8) is 0 Å². The van der Waals surface area contributed by atoms with Gasteiger partial charge in [-0.1, -0.05) is 6.92 Å². The molecule has 1 aromatic carbocycles. The molecule has 0 aliphatic carbocycles. The van der Waals surface area contributed by atoms with E-state index >= 15 is 0 Å². The fraction of sp³-hybridized carbons (Fsp3) is 0.571. The second-order valence-electron chi connectivity index (χ2n) is 4.47. The van der Waals surface area contributed by atoms with Crippen molar-refractivity contribution in [2.24, 2.45) is 0 Å². The van der Waals surface area contributed by atoms with Crippen LogP contribution in [0.5, 0.6) is 5.75 Å². The lowest BCUT2D eigenvalue weighted by atomic mass is 10.2. The van der Waals surface area contributed by atoms with Crippen LogP contribution in [0.4, 0.5) is 5.69 Å². The number of nitrogens with one attached hydrogen (secondary N) is 1. The van der Waals surface area contributed by atoms with Crippen molar-refractivity contribution in [2.45, 2.75) is 26.1 Å². The van der Waals surface area contributed by atoms with Gasteiger partial charge in [-0.2, -0.15) is 0 Å². The summed E-state index contributed by atoms with van der Waals surface area (Å²) >= 11 is 5.88. The fourth-order valence-corrected chi connectivity index (χ4v) is 3.30. The van der Waals surface area contributed by atoms with Crippen LogP contribution >= 0.6 is 11.6 Å². The third kappa shape index (κ3) is 5.59. The van der Waals surface area contributed by atoms with E-state index in [9.17, 15) is 8.42 Å². The van der Waals surface area contributed by atoms with E-state index < -0.39 is 9.84 Å². The average molecular weight is 320 g/mol. The van der Waals surface area contributed by atoms with E-state index in [1.807, 2.05) is 32.0 Å². The highest BCUT2D eigenvalue weighted by Crippen LogP contribution is 2.24. The predicted molar refractivity (Wildman–Crippen MR) is 84.6 cm³/mol. The van der Waals surface area contributed by atoms with Gasteiger partial charge < -0.3 is 10.1 Å². The Hall–Kier alpha value is -0.940. The maximum Gasteiger partial charge on any atom is 0.152 e. The van der Waals surface area contributed by atoms with Crippen LogP contribution in [0.15, 0.2) is 18.2 Å². The summed E-state index contributed by atoms with van der Waals surface area (Å²) in [5.41, 5.74) is 1.76. The number of sulfone groups is 1. The van der Waals surface area contributed by atoms with Crippen LogP contribution in [0.2, 0.25) is 0 Å². The maximum atomic E-state index is 11.6. The van der Waals surface area contributed by atoms with Gasteiger partial charge in [0, 0.05) is 23.5 Å². The third-order valence-corrected chi connectivity index (χ3v) is 4.91. The molecule has 4 nitrogen and oxygen atoms in total. The molecule has 0 unspecified atom stereocenters. The van der Waals surface area contributed by atoms with Crippen LogP contribution < -0.4 is 10.1 Å². The van der Waals surface area contributed by atoms with Crippen molar-refractivity contribution in [3.05, 3.63) is 23.8 Å². The van der Waals surface area contributed by atoms with Crippen molar-refractivity contribution in [1.29, 1.82) is 0 Å². The molecule has 0 amide bonds. The van der Waals surface area contributed by atoms with E-state index in [2.05, 4.69) is 5.32 Å². The minimum Gasteiger partial charge on any atom is -0.494 e. The second-order valence-corrected chi connectivity index (χ2v) is 7.04. The van der Waals surface area contributed by atoms with Gasteiger partial charge in [0.05, 0.1) is 18.2 Å². The molecule has 20 heavy (non-hydrogen) atoms. The largest absolute Gasteiger partial charge is 0.494 e. The van der Waals surface area contributed by atoms with E-state index in [1.54, 1.807) is 0 Å². The molecule has 1 N–H and O–H groups in total. The first-order valence-corrected chi connectivity index (χ1v) is 9.14. The molecule has 0 radical (unpaired) electrons. The Morgan fingerprint density at radius 2 is 2.00 bits per heavy atom. The van der Waals surface area contributed by atoms with Gasteiger partial charge in [0.2, 0.25) is 0 Å². The molecule has 0 aliphatic heterocycles. The number of alkyl halides is 1. The summed E-state index contributed by atoms with van der Waals surface area (Å²) in [5.74, 6) is 1.51. The summed E-state index contributed by atoms with van der Waals surface area (Å²) in [4.78, 5) is 0. The lowest BCUT2D eigenvalue weighted by molar-refractivity contribution is 0.337. The highest BCUT2D eigenvalue weighted by molar-refractivity contribution is 7.91. The molecule has 0 bridgehead atoms. The van der Waals surface area contributed by atoms with Crippen LogP contribution in [0.25, 0.3) is 0 Å². The smallest absolute Gasteiger partial charge is 0.152 e. The molecule has 0 saturated heterocycles. The van der Waals surface area contributed by atoms with Crippen LogP contribution in [0.3, 0.4) is 0 Å². The highest BCUT2D eigenvalue weighted by Gasteiger charge is 2.09. The second kappa shape index (κ2) is 8.37. The monoisotopic (exact) mass is 319 g/mol. The van der Waals surface area contributed by atoms with Gasteiger partial charge in [0.25, 0.3) is 0 Å². The molecule has 1 rings (SSSR count). The SMILES string of the molecule is CCCS(=O)(=O)CCNc1ccc(OCC)c(CCl)c1. The maximum absolute atomic E-state index is 11.6. The Morgan fingerprint density at radius 1 is 1.25 bits per heavy atom. The molecular weight excluding hydrogens is 298 g/mol. The summed E-state index contributed by atoms with van der Waals surface area (Å²) in [6.07, 6.45) is 0.655. The zero-order valence-corrected chi connectivity index (χ0v) is 13.6. The lowest BCUT2D eigenvalue weighted by Gasteiger charge is -2.12. The van der Waals surface area contributed by atoms with Crippen molar-refractivity contribution >= 4 is 27.1 Å². The molecule has 0 aromatic heterocycles. The van der Waals surface area contributed by atoms with Gasteiger partial charge in [-0.3, -0.25) is 0 Å². The molecule has 0 aliphatic rings. The standard InChI is InChI=1S/C14H22ClNO3S/c1-3-8-20(17,18)9-7-16-13-5-6-14(19-4-2)12(10-13)11-15/h5-6,10,16H,3-4,7-9,11H2,1-2H3. The highest BCUT2D eigenvalue weighted by atomic mass is 35.5. The molecule has 1 aromatic rings. The van der Waals surface area contributed by atoms with Crippen molar-refractivity contribution in [2.75, 3.05) is 30.0 Å². The molecule has 0 fully saturated rings. The number of ether oxygens (including phenoxy) is 1. The van der Waals surface area contributed by atoms with Crippen LogP contribution in [0.1, 0.15) is 25.8 Å². The first-order valence-electron chi connectivity index (χ1n) is 6.78. The minimum absolute atomic E-state index is 0.143. The molecule has 0 saturated carbocycles. The van der Waals surface area contributed by atoms with Gasteiger partial charge >= 0.3 is 0 Å². The topological polar surface area (TPSA) is 55.4 Å². The summed E-state index contributed by atoms with van der Waals surface area (Å²) < 4.78 is 28.7. The molecule has 0 atom stereocenters. The number of hydrogen-bond donors (Lipinski definition) is 1. The number of hydrogen-bond acceptors (Lipinski definition) is 4. The van der Waals surface area contributed by atoms with Crippen LogP contribution in [-0.4, -0.2) is 33.1 Å². The predicted octanol–water partition coefficient (Wildman–Crippen LogP) is 3.06. The summed E-state index contributed by atoms with van der Waals surface area (Å²) in [6, 6.07) is 5.61. The fourth-order valence-electron chi connectivity index (χ4n) is 1.85. The Labute approximate surface area is 126 Å². The number of benzene rings is 1. The van der Waals surface area contributed by atoms with Gasteiger partial charge in [-0.05, 0) is 31.5 Å². The minimum atomic E-state index is -2.95. The van der Waals surface area contributed by atoms with Gasteiger partial charge in [0.1, 0.15) is 5.75 Å². The lowest BCUT2D eigenvalue weighted by Crippen LogP contribution is -2.18. The first-order chi connectivity index (χ1) is 9.52. The van der Waals surface area contributed by atoms with E-state index in [1.165, 1.54) is 0 Å². The Bertz CT molecular complexity index is 517. The first kappa shape index (κ1) is 17.1. The van der Waals surface area contributed by atoms with E-state index in [0.29, 0.717) is 25.5 Å². The molecule has 6 heteroatoms. The third-order valence-electron chi connectivity index (χ3n) is 2.76. The zero-order valence-electron chi connectivity index (χ0n) is 12.0. The Morgan fingerprint density at radius 3 is 2.60 bits per heavy atom. The molecule has 0 spiro atoms. The zero-order chi connectivity index (χ0) is 15.0. The van der Waals surface area contributed by atoms with Gasteiger partial charge in [0.15, 0.2) is 9.84 Å². The van der Waals surface area contributed by atoms with Crippen LogP contribution in [0, 0.1) is 0 Å². The normalized spacial score (nSPS) is 11.3. The Balaban J connectivity index is 2.61. The summed E-state index contributed by atoms with van der Waals surface area (Å²) in [5, 5.41) is 3.11. The van der Waals surface area contributed by atoms with E-state index in [4.69, 9.17) is 16.3 Å². The number of anilines is 1.